The molecule has 0 unspecified atom stereocenters. The third-order valence-electron chi connectivity index (χ3n) is 3.66. The zero-order chi connectivity index (χ0) is 12.3. The van der Waals surface area contributed by atoms with E-state index < -0.39 is 5.54 Å². The highest BCUT2D eigenvalue weighted by molar-refractivity contribution is 5.82. The Bertz CT molecular complexity index is 384. The first kappa shape index (κ1) is 12.1. The molecule has 1 fully saturated rings. The lowest BCUT2D eigenvalue weighted by Gasteiger charge is -2.36. The first-order valence-electron chi connectivity index (χ1n) is 6.08. The second-order valence-electron chi connectivity index (χ2n) is 4.62. The van der Waals surface area contributed by atoms with Crippen molar-refractivity contribution in [3.8, 4) is 0 Å². The smallest absolute Gasteiger partial charge is 0.330 e. The van der Waals surface area contributed by atoms with Gasteiger partial charge in [-0.25, -0.2) is 4.79 Å². The predicted octanol–water partition coefficient (Wildman–Crippen LogP) is 2.17. The van der Waals surface area contributed by atoms with Crippen molar-refractivity contribution in [2.24, 2.45) is 0 Å². The van der Waals surface area contributed by atoms with Crippen molar-refractivity contribution < 1.29 is 9.53 Å². The standard InChI is InChI=1S/C14H19NO2/c1-14(13(16)17-2,15-10-6-7-11-15)12-8-4-3-5-9-12/h3-5,8-9H,6-7,10-11H2,1-2H3/t14-/m1/s1. The summed E-state index contributed by atoms with van der Waals surface area (Å²) < 4.78 is 5.00. The van der Waals surface area contributed by atoms with Gasteiger partial charge < -0.3 is 4.74 Å². The molecule has 0 N–H and O–H groups in total. The molecule has 1 atom stereocenters. The van der Waals surface area contributed by atoms with Crippen molar-refractivity contribution >= 4 is 5.97 Å². The molecule has 1 aliphatic rings. The molecular weight excluding hydrogens is 214 g/mol. The fourth-order valence-electron chi connectivity index (χ4n) is 2.56. The van der Waals surface area contributed by atoms with Gasteiger partial charge in [0.2, 0.25) is 0 Å². The van der Waals surface area contributed by atoms with Crippen LogP contribution in [0.4, 0.5) is 0 Å². The third-order valence-corrected chi connectivity index (χ3v) is 3.66. The molecule has 92 valence electrons. The number of benzene rings is 1. The number of ether oxygens (including phenoxy) is 1. The van der Waals surface area contributed by atoms with E-state index in [4.69, 9.17) is 4.74 Å². The summed E-state index contributed by atoms with van der Waals surface area (Å²) in [6.07, 6.45) is 2.30. The largest absolute Gasteiger partial charge is 0.467 e. The Balaban J connectivity index is 2.39. The normalized spacial score (nSPS) is 19.9. The highest BCUT2D eigenvalue weighted by Crippen LogP contribution is 2.32. The quantitative estimate of drug-likeness (QED) is 0.749. The number of carbonyl (C=O) groups is 1. The molecular formula is C14H19NO2. The van der Waals surface area contributed by atoms with E-state index in [-0.39, 0.29) is 5.97 Å². The lowest BCUT2D eigenvalue weighted by atomic mass is 9.90. The van der Waals surface area contributed by atoms with Crippen molar-refractivity contribution in [1.29, 1.82) is 0 Å². The van der Waals surface area contributed by atoms with Crippen LogP contribution in [0.2, 0.25) is 0 Å². The van der Waals surface area contributed by atoms with Crippen LogP contribution in [0.15, 0.2) is 30.3 Å². The molecule has 3 nitrogen and oxygen atoms in total. The van der Waals surface area contributed by atoms with Gasteiger partial charge in [-0.1, -0.05) is 30.3 Å². The van der Waals surface area contributed by atoms with Crippen LogP contribution < -0.4 is 0 Å². The maximum absolute atomic E-state index is 12.2. The van der Waals surface area contributed by atoms with Crippen LogP contribution in [0.25, 0.3) is 0 Å². The first-order valence-corrected chi connectivity index (χ1v) is 6.08. The van der Waals surface area contributed by atoms with Crippen molar-refractivity contribution in [3.05, 3.63) is 35.9 Å². The van der Waals surface area contributed by atoms with Gasteiger partial charge in [0.1, 0.15) is 5.54 Å². The van der Waals surface area contributed by atoms with Gasteiger partial charge in [-0.15, -0.1) is 0 Å². The highest BCUT2D eigenvalue weighted by Gasteiger charge is 2.43. The van der Waals surface area contributed by atoms with E-state index in [0.29, 0.717) is 0 Å². The fourth-order valence-corrected chi connectivity index (χ4v) is 2.56. The zero-order valence-corrected chi connectivity index (χ0v) is 10.5. The Hall–Kier alpha value is -1.35. The van der Waals surface area contributed by atoms with Gasteiger partial charge in [0, 0.05) is 0 Å². The number of rotatable bonds is 3. The molecule has 2 rings (SSSR count). The lowest BCUT2D eigenvalue weighted by molar-refractivity contribution is -0.154. The minimum absolute atomic E-state index is 0.175. The van der Waals surface area contributed by atoms with Crippen LogP contribution in [-0.2, 0) is 15.1 Å². The second kappa shape index (κ2) is 4.88. The lowest BCUT2D eigenvalue weighted by Crippen LogP contribution is -2.49. The van der Waals surface area contributed by atoms with Crippen LogP contribution >= 0.6 is 0 Å². The van der Waals surface area contributed by atoms with Crippen LogP contribution in [-0.4, -0.2) is 31.1 Å². The van der Waals surface area contributed by atoms with Crippen molar-refractivity contribution in [2.45, 2.75) is 25.3 Å². The van der Waals surface area contributed by atoms with E-state index in [1.165, 1.54) is 7.11 Å². The summed E-state index contributed by atoms with van der Waals surface area (Å²) in [7, 11) is 1.46. The molecule has 0 bridgehead atoms. The molecule has 1 aliphatic heterocycles. The average Bonchev–Trinajstić information content (AvgIpc) is 2.92. The number of esters is 1. The van der Waals surface area contributed by atoms with Crippen molar-refractivity contribution in [1.82, 2.24) is 4.90 Å². The Labute approximate surface area is 102 Å². The van der Waals surface area contributed by atoms with E-state index in [9.17, 15) is 4.79 Å². The first-order chi connectivity index (χ1) is 8.19. The fraction of sp³-hybridized carbons (Fsp3) is 0.500. The number of carbonyl (C=O) groups excluding carboxylic acids is 1. The number of nitrogens with zero attached hydrogens (tertiary/aromatic N) is 1. The SMILES string of the molecule is COC(=O)[C@@](C)(c1ccccc1)N1CCCC1. The molecule has 1 saturated heterocycles. The summed E-state index contributed by atoms with van der Waals surface area (Å²) in [6.45, 7) is 3.88. The molecule has 1 aromatic rings. The summed E-state index contributed by atoms with van der Waals surface area (Å²) in [6, 6.07) is 9.88. The van der Waals surface area contributed by atoms with Crippen LogP contribution in [0, 0.1) is 0 Å². The molecule has 0 spiro atoms. The minimum Gasteiger partial charge on any atom is -0.467 e. The van der Waals surface area contributed by atoms with Gasteiger partial charge in [-0.3, -0.25) is 4.90 Å². The Kier molecular flexibility index (Phi) is 3.48. The molecule has 3 heteroatoms. The summed E-state index contributed by atoms with van der Waals surface area (Å²) in [4.78, 5) is 14.4. The Morgan fingerprint density at radius 2 is 1.82 bits per heavy atom. The molecule has 0 aliphatic carbocycles. The molecule has 0 radical (unpaired) electrons. The summed E-state index contributed by atoms with van der Waals surface area (Å²) in [5, 5.41) is 0. The van der Waals surface area contributed by atoms with Crippen molar-refractivity contribution in [2.75, 3.05) is 20.2 Å². The number of hydrogen-bond acceptors (Lipinski definition) is 3. The number of methoxy groups -OCH3 is 1. The van der Waals surface area contributed by atoms with Crippen LogP contribution in [0.1, 0.15) is 25.3 Å². The van der Waals surface area contributed by atoms with E-state index in [2.05, 4.69) is 4.90 Å². The Morgan fingerprint density at radius 3 is 2.35 bits per heavy atom. The predicted molar refractivity (Wildman–Crippen MR) is 66.6 cm³/mol. The maximum atomic E-state index is 12.2. The van der Waals surface area contributed by atoms with E-state index in [0.717, 1.165) is 31.5 Å². The number of hydrogen-bond donors (Lipinski definition) is 0. The topological polar surface area (TPSA) is 29.5 Å². The monoisotopic (exact) mass is 233 g/mol. The van der Waals surface area contributed by atoms with Crippen molar-refractivity contribution in [3.63, 3.8) is 0 Å². The van der Waals surface area contributed by atoms with Crippen LogP contribution in [0.3, 0.4) is 0 Å². The molecule has 1 aromatic carbocycles. The van der Waals surface area contributed by atoms with E-state index >= 15 is 0 Å². The molecule has 0 saturated carbocycles. The van der Waals surface area contributed by atoms with Gasteiger partial charge in [0.25, 0.3) is 0 Å². The molecule has 1 heterocycles. The molecule has 17 heavy (non-hydrogen) atoms. The van der Waals surface area contributed by atoms with Gasteiger partial charge in [-0.05, 0) is 38.4 Å². The van der Waals surface area contributed by atoms with E-state index in [1.54, 1.807) is 0 Å². The maximum Gasteiger partial charge on any atom is 0.330 e. The third kappa shape index (κ3) is 2.07. The van der Waals surface area contributed by atoms with Gasteiger partial charge in [0.05, 0.1) is 7.11 Å². The Morgan fingerprint density at radius 1 is 1.24 bits per heavy atom. The van der Waals surface area contributed by atoms with Gasteiger partial charge in [0.15, 0.2) is 0 Å². The van der Waals surface area contributed by atoms with Gasteiger partial charge in [-0.2, -0.15) is 0 Å². The second-order valence-corrected chi connectivity index (χ2v) is 4.62. The summed E-state index contributed by atoms with van der Waals surface area (Å²) >= 11 is 0. The zero-order valence-electron chi connectivity index (χ0n) is 10.5. The summed E-state index contributed by atoms with van der Waals surface area (Å²) in [5.41, 5.74) is 0.362. The summed E-state index contributed by atoms with van der Waals surface area (Å²) in [5.74, 6) is -0.175. The minimum atomic E-state index is -0.646. The average molecular weight is 233 g/mol. The van der Waals surface area contributed by atoms with Crippen LogP contribution in [0.5, 0.6) is 0 Å². The van der Waals surface area contributed by atoms with Gasteiger partial charge >= 0.3 is 5.97 Å². The molecule has 0 amide bonds. The number of likely N-dealkylation sites (tertiary alicyclic amines) is 1. The highest BCUT2D eigenvalue weighted by atomic mass is 16.5. The molecule has 0 aromatic heterocycles. The van der Waals surface area contributed by atoms with E-state index in [1.807, 2.05) is 37.3 Å².